The molecule has 4 N–H and O–H groups in total. The molecule has 2 rings (SSSR count). The number of aromatic amines is 2. The number of nitrogens with one attached hydrogen (secondary N) is 4. The molecule has 0 saturated carbocycles. The van der Waals surface area contributed by atoms with Gasteiger partial charge >= 0.3 is 11.9 Å². The number of hydrogen-bond donors (Lipinski definition) is 4. The van der Waals surface area contributed by atoms with Gasteiger partial charge in [-0.2, -0.15) is 0 Å². The Bertz CT molecular complexity index is 902. The summed E-state index contributed by atoms with van der Waals surface area (Å²) in [7, 11) is 2.71. The minimum Gasteiger partial charge on any atom is -0.465 e. The summed E-state index contributed by atoms with van der Waals surface area (Å²) in [5.41, 5.74) is 3.71. The van der Waals surface area contributed by atoms with Gasteiger partial charge in [-0.25, -0.2) is 9.59 Å². The summed E-state index contributed by atoms with van der Waals surface area (Å²) in [6.07, 6.45) is 8.80. The van der Waals surface area contributed by atoms with Gasteiger partial charge in [0.05, 0.1) is 35.6 Å². The Morgan fingerprint density at radius 2 is 1.16 bits per heavy atom. The molecule has 174 valence electrons. The molecule has 0 aromatic carbocycles. The van der Waals surface area contributed by atoms with Crippen LogP contribution < -0.4 is 10.6 Å². The zero-order chi connectivity index (χ0) is 23.7. The molecule has 0 radical (unpaired) electrons. The Morgan fingerprint density at radius 3 is 1.50 bits per heavy atom. The van der Waals surface area contributed by atoms with Gasteiger partial charge in [0.15, 0.2) is 0 Å². The van der Waals surface area contributed by atoms with E-state index in [4.69, 9.17) is 33.9 Å². The summed E-state index contributed by atoms with van der Waals surface area (Å²) in [5.74, 6) is -0.792. The number of rotatable bonds is 11. The highest BCUT2D eigenvalue weighted by Gasteiger charge is 2.18. The van der Waals surface area contributed by atoms with Crippen molar-refractivity contribution >= 4 is 57.7 Å². The van der Waals surface area contributed by atoms with Crippen LogP contribution >= 0.6 is 24.4 Å². The van der Waals surface area contributed by atoms with Crippen LogP contribution in [0.3, 0.4) is 0 Å². The molecule has 2 aromatic rings. The van der Waals surface area contributed by atoms with Crippen molar-refractivity contribution in [2.45, 2.75) is 52.4 Å². The summed E-state index contributed by atoms with van der Waals surface area (Å²) in [5, 5.41) is 6.26. The van der Waals surface area contributed by atoms with Crippen LogP contribution in [0.1, 0.15) is 70.6 Å². The first-order chi connectivity index (χ1) is 15.3. The largest absolute Gasteiger partial charge is 0.465 e. The highest BCUT2D eigenvalue weighted by Crippen LogP contribution is 2.22. The molecule has 10 heteroatoms. The van der Waals surface area contributed by atoms with Gasteiger partial charge in [0, 0.05) is 23.8 Å². The lowest BCUT2D eigenvalue weighted by atomic mass is 10.1. The van der Waals surface area contributed by atoms with Crippen molar-refractivity contribution in [3.63, 3.8) is 0 Å². The van der Waals surface area contributed by atoms with E-state index in [1.165, 1.54) is 14.2 Å². The van der Waals surface area contributed by atoms with Crippen molar-refractivity contribution in [1.82, 2.24) is 9.97 Å². The number of esters is 2. The smallest absolute Gasteiger partial charge is 0.341 e. The number of carbonyl (C=O) groups is 2. The summed E-state index contributed by atoms with van der Waals surface area (Å²) in [6.45, 7) is 3.63. The molecule has 0 unspecified atom stereocenters. The van der Waals surface area contributed by atoms with Crippen molar-refractivity contribution in [1.29, 1.82) is 0 Å². The third-order valence-electron chi connectivity index (χ3n) is 5.04. The van der Waals surface area contributed by atoms with Crippen LogP contribution in [0.15, 0.2) is 12.4 Å². The zero-order valence-corrected chi connectivity index (χ0v) is 20.5. The molecule has 2 aromatic heterocycles. The standard InChI is InChI=1S/C22H30N4O4S2/c1-13-19(21(27)29-3)15(11-23-13)25-17(31)9-7-5-6-8-10-18(32)26-16-12-24-14(2)20(16)22(28)30-4/h11-12,23-24H,5-10H2,1-4H3,(H,25,31)(H,26,32). The molecule has 0 aliphatic carbocycles. The third-order valence-corrected chi connectivity index (χ3v) is 5.65. The van der Waals surface area contributed by atoms with Gasteiger partial charge < -0.3 is 30.1 Å². The predicted molar refractivity (Wildman–Crippen MR) is 134 cm³/mol. The summed E-state index contributed by atoms with van der Waals surface area (Å²) in [4.78, 5) is 31.2. The van der Waals surface area contributed by atoms with Gasteiger partial charge in [-0.3, -0.25) is 0 Å². The Morgan fingerprint density at radius 1 is 0.781 bits per heavy atom. The van der Waals surface area contributed by atoms with Crippen LogP contribution in [-0.2, 0) is 9.47 Å². The summed E-state index contributed by atoms with van der Waals surface area (Å²) < 4.78 is 9.64. The molecule has 8 nitrogen and oxygen atoms in total. The van der Waals surface area contributed by atoms with Gasteiger partial charge in [-0.15, -0.1) is 0 Å². The average Bonchev–Trinajstić information content (AvgIpc) is 3.31. The fourth-order valence-corrected chi connectivity index (χ4v) is 3.84. The highest BCUT2D eigenvalue weighted by molar-refractivity contribution is 7.80. The molecule has 0 aliphatic heterocycles. The van der Waals surface area contributed by atoms with Crippen molar-refractivity contribution < 1.29 is 19.1 Å². The third kappa shape index (κ3) is 6.89. The van der Waals surface area contributed by atoms with Gasteiger partial charge in [-0.1, -0.05) is 37.3 Å². The number of carbonyl (C=O) groups excluding carboxylic acids is 2. The number of ether oxygens (including phenoxy) is 2. The Kier molecular flexibility index (Phi) is 9.86. The second kappa shape index (κ2) is 12.4. The monoisotopic (exact) mass is 478 g/mol. The van der Waals surface area contributed by atoms with E-state index < -0.39 is 11.9 Å². The Labute approximate surface area is 198 Å². The van der Waals surface area contributed by atoms with Crippen LogP contribution in [0, 0.1) is 13.8 Å². The Balaban J connectivity index is 1.68. The lowest BCUT2D eigenvalue weighted by molar-refractivity contribution is 0.0592. The molecular formula is C22H30N4O4S2. The number of aromatic nitrogens is 2. The van der Waals surface area contributed by atoms with E-state index in [1.54, 1.807) is 12.4 Å². The molecule has 0 atom stereocenters. The first-order valence-corrected chi connectivity index (χ1v) is 11.2. The van der Waals surface area contributed by atoms with Gasteiger partial charge in [-0.05, 0) is 39.5 Å². The topological polar surface area (TPSA) is 108 Å². The van der Waals surface area contributed by atoms with Crippen molar-refractivity contribution in [3.8, 4) is 0 Å². The molecular weight excluding hydrogens is 448 g/mol. The van der Waals surface area contributed by atoms with E-state index in [1.807, 2.05) is 13.8 Å². The molecule has 0 amide bonds. The Hall–Kier alpha value is -2.72. The number of thiocarbonyl (C=S) groups is 2. The van der Waals surface area contributed by atoms with Crippen LogP contribution in [0.2, 0.25) is 0 Å². The zero-order valence-electron chi connectivity index (χ0n) is 18.8. The second-order valence-electron chi connectivity index (χ2n) is 7.40. The number of hydrogen-bond acceptors (Lipinski definition) is 6. The fraction of sp³-hybridized carbons (Fsp3) is 0.455. The highest BCUT2D eigenvalue weighted by atomic mass is 32.1. The van der Waals surface area contributed by atoms with E-state index >= 15 is 0 Å². The summed E-state index contributed by atoms with van der Waals surface area (Å²) >= 11 is 10.8. The van der Waals surface area contributed by atoms with E-state index in [0.717, 1.165) is 49.9 Å². The molecule has 0 bridgehead atoms. The van der Waals surface area contributed by atoms with Crippen molar-refractivity contribution in [3.05, 3.63) is 34.9 Å². The first-order valence-electron chi connectivity index (χ1n) is 10.4. The maximum absolute atomic E-state index is 11.9. The quantitative estimate of drug-likeness (QED) is 0.202. The molecule has 0 fully saturated rings. The van der Waals surface area contributed by atoms with Gasteiger partial charge in [0.1, 0.15) is 11.1 Å². The van der Waals surface area contributed by atoms with E-state index in [2.05, 4.69) is 20.6 Å². The maximum Gasteiger partial charge on any atom is 0.341 e. The first kappa shape index (κ1) is 25.5. The number of unbranched alkanes of at least 4 members (excludes halogenated alkanes) is 3. The normalized spacial score (nSPS) is 10.5. The second-order valence-corrected chi connectivity index (χ2v) is 8.38. The molecule has 0 aliphatic rings. The summed E-state index contributed by atoms with van der Waals surface area (Å²) in [6, 6.07) is 0. The molecule has 32 heavy (non-hydrogen) atoms. The van der Waals surface area contributed by atoms with Crippen LogP contribution in [-0.4, -0.2) is 46.1 Å². The minimum atomic E-state index is -0.396. The number of methoxy groups -OCH3 is 2. The predicted octanol–water partition coefficient (Wildman–Crippen LogP) is 5.05. The van der Waals surface area contributed by atoms with Crippen LogP contribution in [0.5, 0.6) is 0 Å². The maximum atomic E-state index is 11.9. The lowest BCUT2D eigenvalue weighted by Gasteiger charge is -2.10. The van der Waals surface area contributed by atoms with Crippen molar-refractivity contribution in [2.75, 3.05) is 24.9 Å². The lowest BCUT2D eigenvalue weighted by Crippen LogP contribution is -2.13. The number of H-pyrrole nitrogens is 2. The molecule has 0 saturated heterocycles. The van der Waals surface area contributed by atoms with E-state index in [0.29, 0.717) is 32.5 Å². The van der Waals surface area contributed by atoms with E-state index in [-0.39, 0.29) is 0 Å². The van der Waals surface area contributed by atoms with Gasteiger partial charge in [0.2, 0.25) is 0 Å². The SMILES string of the molecule is COC(=O)c1c(NC(=S)CCCCCCC(=S)Nc2c[nH]c(C)c2C(=O)OC)c[nH]c1C. The number of anilines is 2. The van der Waals surface area contributed by atoms with Gasteiger partial charge in [0.25, 0.3) is 0 Å². The van der Waals surface area contributed by atoms with Crippen LogP contribution in [0.25, 0.3) is 0 Å². The number of aryl methyl sites for hydroxylation is 2. The minimum absolute atomic E-state index is 0.396. The molecule has 0 spiro atoms. The molecule has 2 heterocycles. The fourth-order valence-electron chi connectivity index (χ4n) is 3.33. The average molecular weight is 479 g/mol. The van der Waals surface area contributed by atoms with Crippen molar-refractivity contribution in [2.24, 2.45) is 0 Å². The van der Waals surface area contributed by atoms with E-state index in [9.17, 15) is 9.59 Å². The van der Waals surface area contributed by atoms with Crippen LogP contribution in [0.4, 0.5) is 11.4 Å².